The van der Waals surface area contributed by atoms with E-state index in [0.29, 0.717) is 10.0 Å². The van der Waals surface area contributed by atoms with Gasteiger partial charge in [0.1, 0.15) is 16.5 Å². The van der Waals surface area contributed by atoms with Crippen molar-refractivity contribution in [1.29, 1.82) is 0 Å². The molecule has 0 saturated carbocycles. The Morgan fingerprint density at radius 3 is 2.41 bits per heavy atom. The number of anilines is 2. The molecule has 0 atom stereocenters. The monoisotopic (exact) mass is 491 g/mol. The van der Waals surface area contributed by atoms with Gasteiger partial charge in [-0.15, -0.1) is 24.0 Å². The molecular formula is C20H18F5N3O2S2. The fourth-order valence-corrected chi connectivity index (χ4v) is 4.07. The van der Waals surface area contributed by atoms with Gasteiger partial charge in [-0.25, -0.2) is 9.78 Å². The molecule has 0 unspecified atom stereocenters. The zero-order chi connectivity index (χ0) is 23.7. The summed E-state index contributed by atoms with van der Waals surface area (Å²) >= 11 is 5.60. The van der Waals surface area contributed by atoms with Crippen molar-refractivity contribution < 1.29 is 31.5 Å². The fraction of sp³-hybridized carbons (Fsp3) is 0.300. The van der Waals surface area contributed by atoms with Gasteiger partial charge in [-0.05, 0) is 56.3 Å². The molecule has 1 N–H and O–H groups in total. The quantitative estimate of drug-likeness (QED) is 0.290. The van der Waals surface area contributed by atoms with Crippen LogP contribution in [0, 0.1) is 0 Å². The molecule has 0 radical (unpaired) electrons. The average molecular weight is 492 g/mol. The van der Waals surface area contributed by atoms with E-state index in [9.17, 15) is 26.7 Å². The number of aromatic nitrogens is 1. The van der Waals surface area contributed by atoms with Crippen molar-refractivity contribution in [3.05, 3.63) is 42.5 Å². The SMILES string of the molecule is CC(C)N(C(=O)Nc1ccc(OC(F)(F)CC(F)(F)F)cc1)c1ccc2nc(S)sc2c1. The Morgan fingerprint density at radius 1 is 1.16 bits per heavy atom. The Hall–Kier alpha value is -2.60. The lowest BCUT2D eigenvalue weighted by molar-refractivity contribution is -0.255. The highest BCUT2D eigenvalue weighted by Crippen LogP contribution is 2.34. The number of ether oxygens (including phenoxy) is 1. The van der Waals surface area contributed by atoms with E-state index in [1.807, 2.05) is 19.9 Å². The molecule has 1 aromatic heterocycles. The summed E-state index contributed by atoms with van der Waals surface area (Å²) in [4.78, 5) is 18.6. The first-order valence-electron chi connectivity index (χ1n) is 9.26. The second-order valence-corrected chi connectivity index (χ2v) is 8.85. The molecule has 12 heteroatoms. The maximum Gasteiger partial charge on any atom is 0.406 e. The highest BCUT2D eigenvalue weighted by atomic mass is 32.2. The van der Waals surface area contributed by atoms with Gasteiger partial charge < -0.3 is 10.1 Å². The summed E-state index contributed by atoms with van der Waals surface area (Å²) in [6.07, 6.45) is -11.9. The van der Waals surface area contributed by atoms with Crippen molar-refractivity contribution >= 4 is 51.6 Å². The summed E-state index contributed by atoms with van der Waals surface area (Å²) in [7, 11) is 0. The summed E-state index contributed by atoms with van der Waals surface area (Å²) in [5.74, 6) is -0.462. The molecule has 3 rings (SSSR count). The molecule has 0 aliphatic heterocycles. The third-order valence-electron chi connectivity index (χ3n) is 4.15. The van der Waals surface area contributed by atoms with Gasteiger partial charge in [-0.3, -0.25) is 4.90 Å². The summed E-state index contributed by atoms with van der Waals surface area (Å²) in [5.41, 5.74) is 1.63. The Kier molecular flexibility index (Phi) is 6.84. The molecule has 0 saturated heterocycles. The Labute approximate surface area is 189 Å². The molecule has 0 aliphatic carbocycles. The molecule has 1 heterocycles. The number of carbonyl (C=O) groups is 1. The number of carbonyl (C=O) groups excluding carboxylic acids is 1. The minimum atomic E-state index is -5.08. The number of nitrogens with zero attached hydrogens (tertiary/aromatic N) is 2. The van der Waals surface area contributed by atoms with Gasteiger partial charge in [0, 0.05) is 17.4 Å². The molecule has 2 aromatic carbocycles. The molecule has 0 spiro atoms. The Balaban J connectivity index is 1.72. The number of fused-ring (bicyclic) bond motifs is 1. The first kappa shape index (κ1) is 24.1. The zero-order valence-electron chi connectivity index (χ0n) is 16.8. The number of benzene rings is 2. The van der Waals surface area contributed by atoms with Crippen LogP contribution in [0.15, 0.2) is 46.8 Å². The van der Waals surface area contributed by atoms with E-state index in [4.69, 9.17) is 0 Å². The second kappa shape index (κ2) is 9.10. The van der Waals surface area contributed by atoms with Gasteiger partial charge in [0.2, 0.25) is 0 Å². The molecule has 3 aromatic rings. The average Bonchev–Trinajstić information content (AvgIpc) is 3.00. The molecule has 0 fully saturated rings. The minimum absolute atomic E-state index is 0.223. The van der Waals surface area contributed by atoms with Crippen LogP contribution < -0.4 is 15.0 Å². The van der Waals surface area contributed by atoms with E-state index in [1.165, 1.54) is 28.4 Å². The van der Waals surface area contributed by atoms with Crippen molar-refractivity contribution in [1.82, 2.24) is 4.98 Å². The van der Waals surface area contributed by atoms with E-state index in [-0.39, 0.29) is 11.7 Å². The van der Waals surface area contributed by atoms with Gasteiger partial charge in [-0.1, -0.05) is 0 Å². The number of hydrogen-bond donors (Lipinski definition) is 2. The van der Waals surface area contributed by atoms with Crippen LogP contribution in [-0.4, -0.2) is 29.3 Å². The third kappa shape index (κ3) is 6.22. The summed E-state index contributed by atoms with van der Waals surface area (Å²) in [6.45, 7) is 3.64. The van der Waals surface area contributed by atoms with Crippen molar-refractivity contribution in [2.45, 2.75) is 42.9 Å². The van der Waals surface area contributed by atoms with Crippen LogP contribution >= 0.6 is 24.0 Å². The van der Waals surface area contributed by atoms with Gasteiger partial charge in [0.15, 0.2) is 0 Å². The number of hydrogen-bond acceptors (Lipinski definition) is 5. The number of halogens is 5. The first-order chi connectivity index (χ1) is 14.8. The molecule has 32 heavy (non-hydrogen) atoms. The number of urea groups is 1. The highest BCUT2D eigenvalue weighted by Gasteiger charge is 2.45. The largest absolute Gasteiger partial charge is 0.432 e. The predicted molar refractivity (Wildman–Crippen MR) is 116 cm³/mol. The van der Waals surface area contributed by atoms with E-state index in [0.717, 1.165) is 22.3 Å². The van der Waals surface area contributed by atoms with Crippen LogP contribution in [0.1, 0.15) is 20.3 Å². The van der Waals surface area contributed by atoms with Gasteiger partial charge >= 0.3 is 18.3 Å². The van der Waals surface area contributed by atoms with Gasteiger partial charge in [0.25, 0.3) is 0 Å². The van der Waals surface area contributed by atoms with Crippen LogP contribution in [0.3, 0.4) is 0 Å². The second-order valence-electron chi connectivity index (χ2n) is 7.10. The normalized spacial score (nSPS) is 12.3. The molecule has 2 amide bonds. The lowest BCUT2D eigenvalue weighted by Crippen LogP contribution is -2.40. The lowest BCUT2D eigenvalue weighted by Gasteiger charge is -2.27. The van der Waals surface area contributed by atoms with Gasteiger partial charge in [0.05, 0.1) is 10.2 Å². The zero-order valence-corrected chi connectivity index (χ0v) is 18.5. The van der Waals surface area contributed by atoms with Gasteiger partial charge in [-0.2, -0.15) is 22.0 Å². The number of nitrogens with one attached hydrogen (secondary N) is 1. The number of amides is 2. The van der Waals surface area contributed by atoms with E-state index < -0.39 is 30.5 Å². The van der Waals surface area contributed by atoms with E-state index in [1.54, 1.807) is 12.1 Å². The maximum absolute atomic E-state index is 13.4. The molecular weight excluding hydrogens is 473 g/mol. The van der Waals surface area contributed by atoms with Crippen LogP contribution in [0.5, 0.6) is 5.75 Å². The number of thiol groups is 1. The summed E-state index contributed by atoms with van der Waals surface area (Å²) in [5, 5.41) is 2.64. The van der Waals surface area contributed by atoms with Crippen LogP contribution in [0.25, 0.3) is 10.2 Å². The van der Waals surface area contributed by atoms with Crippen LogP contribution in [0.4, 0.5) is 38.1 Å². The van der Waals surface area contributed by atoms with Crippen molar-refractivity contribution in [3.8, 4) is 5.75 Å². The third-order valence-corrected chi connectivity index (χ3v) is 5.35. The highest BCUT2D eigenvalue weighted by molar-refractivity contribution is 7.82. The maximum atomic E-state index is 13.4. The molecule has 5 nitrogen and oxygen atoms in total. The lowest BCUT2D eigenvalue weighted by atomic mass is 10.2. The van der Waals surface area contributed by atoms with Crippen LogP contribution in [0.2, 0.25) is 0 Å². The fourth-order valence-electron chi connectivity index (χ4n) is 2.93. The number of alkyl halides is 5. The van der Waals surface area contributed by atoms with Crippen molar-refractivity contribution in [2.75, 3.05) is 10.2 Å². The van der Waals surface area contributed by atoms with Crippen LogP contribution in [-0.2, 0) is 0 Å². The van der Waals surface area contributed by atoms with E-state index >= 15 is 0 Å². The Morgan fingerprint density at radius 2 is 1.81 bits per heavy atom. The smallest absolute Gasteiger partial charge is 0.406 e. The topological polar surface area (TPSA) is 54.5 Å². The predicted octanol–water partition coefficient (Wildman–Crippen LogP) is 6.96. The standard InChI is InChI=1S/C20H18F5N3O2S2/c1-11(2)28(13-5-8-15-16(9-13)32-18(31)27-15)17(29)26-12-3-6-14(7-4-12)30-20(24,25)10-19(21,22)23/h3-9,11H,10H2,1-2H3,(H,26,29)(H,27,31). The van der Waals surface area contributed by atoms with Crippen molar-refractivity contribution in [3.63, 3.8) is 0 Å². The molecule has 172 valence electrons. The number of thiazole rings is 1. The molecule has 0 bridgehead atoms. The van der Waals surface area contributed by atoms with Crippen molar-refractivity contribution in [2.24, 2.45) is 0 Å². The minimum Gasteiger partial charge on any atom is -0.432 e. The number of rotatable bonds is 6. The summed E-state index contributed by atoms with van der Waals surface area (Å²) < 4.78 is 69.0. The summed E-state index contributed by atoms with van der Waals surface area (Å²) in [6, 6.07) is 9.25. The molecule has 0 aliphatic rings. The Bertz CT molecular complexity index is 1100. The van der Waals surface area contributed by atoms with E-state index in [2.05, 4.69) is 27.7 Å². The first-order valence-corrected chi connectivity index (χ1v) is 10.5.